The van der Waals surface area contributed by atoms with Crippen LogP contribution in [0.15, 0.2) is 23.0 Å². The SMILES string of the molecule is C[C@@H](N)C(=O)Nc1ccc2[nH]c(=O)[nH]c2c1. The molecule has 1 aromatic carbocycles. The molecule has 16 heavy (non-hydrogen) atoms. The molecule has 5 N–H and O–H groups in total. The second kappa shape index (κ2) is 3.82. The summed E-state index contributed by atoms with van der Waals surface area (Å²) in [5.41, 5.74) is 7.10. The van der Waals surface area contributed by atoms with Gasteiger partial charge >= 0.3 is 5.69 Å². The Morgan fingerprint density at radius 1 is 1.38 bits per heavy atom. The Hall–Kier alpha value is -2.08. The molecule has 1 atom stereocenters. The number of imidazole rings is 1. The van der Waals surface area contributed by atoms with Crippen molar-refractivity contribution in [1.82, 2.24) is 9.97 Å². The number of aromatic nitrogens is 2. The van der Waals surface area contributed by atoms with E-state index in [2.05, 4.69) is 15.3 Å². The number of benzene rings is 1. The lowest BCUT2D eigenvalue weighted by Crippen LogP contribution is -2.32. The largest absolute Gasteiger partial charge is 0.325 e. The average molecular weight is 220 g/mol. The number of aromatic amines is 2. The van der Waals surface area contributed by atoms with Gasteiger partial charge in [-0.25, -0.2) is 4.79 Å². The maximum atomic E-state index is 11.3. The van der Waals surface area contributed by atoms with Crippen molar-refractivity contribution < 1.29 is 4.79 Å². The lowest BCUT2D eigenvalue weighted by atomic mass is 10.2. The lowest BCUT2D eigenvalue weighted by Gasteiger charge is -2.07. The summed E-state index contributed by atoms with van der Waals surface area (Å²) in [7, 11) is 0. The molecule has 0 saturated heterocycles. The minimum atomic E-state index is -0.569. The molecular weight excluding hydrogens is 208 g/mol. The third kappa shape index (κ3) is 1.96. The molecule has 6 heteroatoms. The predicted molar refractivity (Wildman–Crippen MR) is 61.2 cm³/mol. The second-order valence-electron chi connectivity index (χ2n) is 3.62. The summed E-state index contributed by atoms with van der Waals surface area (Å²) >= 11 is 0. The van der Waals surface area contributed by atoms with Crippen LogP contribution < -0.4 is 16.7 Å². The number of carbonyl (C=O) groups is 1. The normalized spacial score (nSPS) is 12.6. The monoisotopic (exact) mass is 220 g/mol. The Morgan fingerprint density at radius 3 is 2.75 bits per heavy atom. The third-order valence-electron chi connectivity index (χ3n) is 2.20. The van der Waals surface area contributed by atoms with Crippen molar-refractivity contribution in [1.29, 1.82) is 0 Å². The minimum absolute atomic E-state index is 0.266. The van der Waals surface area contributed by atoms with Gasteiger partial charge < -0.3 is 21.0 Å². The van der Waals surface area contributed by atoms with Gasteiger partial charge in [-0.2, -0.15) is 0 Å². The van der Waals surface area contributed by atoms with Gasteiger partial charge in [-0.3, -0.25) is 4.79 Å². The summed E-state index contributed by atoms with van der Waals surface area (Å²) < 4.78 is 0. The molecule has 2 rings (SSSR count). The number of nitrogens with two attached hydrogens (primary N) is 1. The quantitative estimate of drug-likeness (QED) is 0.578. The molecule has 1 amide bonds. The predicted octanol–water partition coefficient (Wildman–Crippen LogP) is 0.142. The molecule has 0 aliphatic rings. The van der Waals surface area contributed by atoms with E-state index in [-0.39, 0.29) is 11.6 Å². The van der Waals surface area contributed by atoms with Crippen molar-refractivity contribution in [3.05, 3.63) is 28.7 Å². The highest BCUT2D eigenvalue weighted by Crippen LogP contribution is 2.14. The van der Waals surface area contributed by atoms with E-state index in [0.717, 1.165) is 0 Å². The van der Waals surface area contributed by atoms with E-state index < -0.39 is 6.04 Å². The summed E-state index contributed by atoms with van der Waals surface area (Å²) in [6, 6.07) is 4.52. The zero-order valence-corrected chi connectivity index (χ0v) is 8.70. The van der Waals surface area contributed by atoms with Gasteiger partial charge in [0.05, 0.1) is 17.1 Å². The first kappa shape index (κ1) is 10.4. The number of hydrogen-bond donors (Lipinski definition) is 4. The zero-order valence-electron chi connectivity index (χ0n) is 8.70. The van der Waals surface area contributed by atoms with E-state index in [1.807, 2.05) is 0 Å². The van der Waals surface area contributed by atoms with Crippen molar-refractivity contribution in [3.8, 4) is 0 Å². The van der Waals surface area contributed by atoms with Crippen LogP contribution in [0, 0.1) is 0 Å². The van der Waals surface area contributed by atoms with Crippen molar-refractivity contribution in [3.63, 3.8) is 0 Å². The highest BCUT2D eigenvalue weighted by atomic mass is 16.2. The first-order chi connectivity index (χ1) is 7.56. The molecule has 0 unspecified atom stereocenters. The molecule has 0 aliphatic heterocycles. The minimum Gasteiger partial charge on any atom is -0.325 e. The fourth-order valence-electron chi connectivity index (χ4n) is 1.37. The maximum Gasteiger partial charge on any atom is 0.323 e. The second-order valence-corrected chi connectivity index (χ2v) is 3.62. The van der Waals surface area contributed by atoms with Crippen molar-refractivity contribution in [2.75, 3.05) is 5.32 Å². The van der Waals surface area contributed by atoms with Crippen LogP contribution in [0.5, 0.6) is 0 Å². The lowest BCUT2D eigenvalue weighted by molar-refractivity contribution is -0.117. The smallest absolute Gasteiger partial charge is 0.323 e. The fraction of sp³-hybridized carbons (Fsp3) is 0.200. The molecule has 0 aliphatic carbocycles. The van der Waals surface area contributed by atoms with Crippen molar-refractivity contribution >= 4 is 22.6 Å². The van der Waals surface area contributed by atoms with Gasteiger partial charge in [0, 0.05) is 5.69 Å². The van der Waals surface area contributed by atoms with Gasteiger partial charge in [0.25, 0.3) is 0 Å². The number of anilines is 1. The number of fused-ring (bicyclic) bond motifs is 1. The molecule has 0 spiro atoms. The Bertz CT molecular complexity index is 582. The van der Waals surface area contributed by atoms with E-state index in [9.17, 15) is 9.59 Å². The van der Waals surface area contributed by atoms with E-state index in [1.54, 1.807) is 25.1 Å². The van der Waals surface area contributed by atoms with Crippen LogP contribution in [0.4, 0.5) is 5.69 Å². The maximum absolute atomic E-state index is 11.3. The first-order valence-electron chi connectivity index (χ1n) is 4.85. The highest BCUT2D eigenvalue weighted by molar-refractivity contribution is 5.95. The summed E-state index contributed by atoms with van der Waals surface area (Å²) in [6.07, 6.45) is 0. The van der Waals surface area contributed by atoms with Crippen LogP contribution >= 0.6 is 0 Å². The summed E-state index contributed by atoms with van der Waals surface area (Å²) in [5, 5.41) is 2.64. The van der Waals surface area contributed by atoms with Gasteiger partial charge in [-0.15, -0.1) is 0 Å². The van der Waals surface area contributed by atoms with Crippen molar-refractivity contribution in [2.24, 2.45) is 5.73 Å². The van der Waals surface area contributed by atoms with Crippen LogP contribution in [0.3, 0.4) is 0 Å². The molecule has 0 saturated carbocycles. The molecule has 6 nitrogen and oxygen atoms in total. The summed E-state index contributed by atoms with van der Waals surface area (Å²) in [5.74, 6) is -0.266. The van der Waals surface area contributed by atoms with E-state index >= 15 is 0 Å². The van der Waals surface area contributed by atoms with Crippen LogP contribution in [-0.4, -0.2) is 21.9 Å². The highest BCUT2D eigenvalue weighted by Gasteiger charge is 2.08. The Kier molecular flexibility index (Phi) is 2.49. The first-order valence-corrected chi connectivity index (χ1v) is 4.85. The van der Waals surface area contributed by atoms with E-state index in [4.69, 9.17) is 5.73 Å². The number of nitrogens with one attached hydrogen (secondary N) is 3. The van der Waals surface area contributed by atoms with E-state index in [0.29, 0.717) is 16.7 Å². The standard InChI is InChI=1S/C10H12N4O2/c1-5(11)9(15)12-6-2-3-7-8(4-6)14-10(16)13-7/h2-5H,11H2,1H3,(H,12,15)(H2,13,14,16)/t5-/m1/s1. The third-order valence-corrected chi connectivity index (χ3v) is 2.20. The van der Waals surface area contributed by atoms with Gasteiger partial charge in [-0.05, 0) is 25.1 Å². The van der Waals surface area contributed by atoms with Gasteiger partial charge in [0.1, 0.15) is 0 Å². The number of amides is 1. The zero-order chi connectivity index (χ0) is 11.7. The molecule has 2 aromatic rings. The molecule has 0 radical (unpaired) electrons. The van der Waals surface area contributed by atoms with Gasteiger partial charge in [0.15, 0.2) is 0 Å². The fourth-order valence-corrected chi connectivity index (χ4v) is 1.37. The number of H-pyrrole nitrogens is 2. The Morgan fingerprint density at radius 2 is 2.06 bits per heavy atom. The van der Waals surface area contributed by atoms with Crippen LogP contribution in [0.25, 0.3) is 11.0 Å². The van der Waals surface area contributed by atoms with Crippen LogP contribution in [0.2, 0.25) is 0 Å². The van der Waals surface area contributed by atoms with Crippen LogP contribution in [-0.2, 0) is 4.79 Å². The molecular formula is C10H12N4O2. The number of rotatable bonds is 2. The number of carbonyl (C=O) groups excluding carboxylic acids is 1. The summed E-state index contributed by atoms with van der Waals surface area (Å²) in [6.45, 7) is 1.60. The topological polar surface area (TPSA) is 104 Å². The Labute approximate surface area is 90.8 Å². The van der Waals surface area contributed by atoms with E-state index in [1.165, 1.54) is 0 Å². The average Bonchev–Trinajstić information content (AvgIpc) is 2.57. The van der Waals surface area contributed by atoms with Crippen LogP contribution in [0.1, 0.15) is 6.92 Å². The van der Waals surface area contributed by atoms with Gasteiger partial charge in [0.2, 0.25) is 5.91 Å². The molecule has 1 heterocycles. The molecule has 0 fully saturated rings. The molecule has 1 aromatic heterocycles. The summed E-state index contributed by atoms with van der Waals surface area (Å²) in [4.78, 5) is 27.6. The molecule has 84 valence electrons. The Balaban J connectivity index is 2.32. The molecule has 0 bridgehead atoms. The number of hydrogen-bond acceptors (Lipinski definition) is 3. The van der Waals surface area contributed by atoms with Gasteiger partial charge in [-0.1, -0.05) is 0 Å². The van der Waals surface area contributed by atoms with Crippen molar-refractivity contribution in [2.45, 2.75) is 13.0 Å².